The van der Waals surface area contributed by atoms with Gasteiger partial charge in [0.15, 0.2) is 0 Å². The van der Waals surface area contributed by atoms with Crippen LogP contribution in [-0.2, 0) is 7.05 Å². The van der Waals surface area contributed by atoms with Gasteiger partial charge in [0.2, 0.25) is 0 Å². The van der Waals surface area contributed by atoms with Crippen molar-refractivity contribution in [2.45, 2.75) is 6.04 Å². The van der Waals surface area contributed by atoms with Crippen LogP contribution in [0.4, 0.5) is 0 Å². The predicted octanol–water partition coefficient (Wildman–Crippen LogP) is 2.08. The highest BCUT2D eigenvalue weighted by molar-refractivity contribution is 7.18. The van der Waals surface area contributed by atoms with E-state index in [2.05, 4.69) is 16.1 Å². The smallest absolute Gasteiger partial charge is 0.115 e. The van der Waals surface area contributed by atoms with Crippen molar-refractivity contribution in [1.82, 2.24) is 14.8 Å². The third-order valence-corrected chi connectivity index (χ3v) is 3.78. The number of aromatic nitrogens is 3. The number of benzene rings is 1. The van der Waals surface area contributed by atoms with Crippen molar-refractivity contribution in [2.75, 3.05) is 0 Å². The quantitative estimate of drug-likeness (QED) is 0.751. The summed E-state index contributed by atoms with van der Waals surface area (Å²) in [5.41, 5.74) is 8.19. The third-order valence-electron chi connectivity index (χ3n) is 2.66. The molecule has 0 fully saturated rings. The number of para-hydroxylation sites is 1. The Labute approximate surface area is 103 Å². The Balaban J connectivity index is 2.03. The lowest BCUT2D eigenvalue weighted by atomic mass is 10.2. The Hall–Kier alpha value is -1.72. The zero-order chi connectivity index (χ0) is 11.8. The number of hydrogen-bond donors (Lipinski definition) is 1. The first-order valence-corrected chi connectivity index (χ1v) is 6.15. The maximum Gasteiger partial charge on any atom is 0.115 e. The van der Waals surface area contributed by atoms with Gasteiger partial charge in [0.25, 0.3) is 0 Å². The summed E-state index contributed by atoms with van der Waals surface area (Å²) in [6, 6.07) is 7.88. The van der Waals surface area contributed by atoms with Gasteiger partial charge in [0.05, 0.1) is 22.5 Å². The van der Waals surface area contributed by atoms with Crippen LogP contribution >= 0.6 is 11.3 Å². The summed E-state index contributed by atoms with van der Waals surface area (Å²) >= 11 is 1.64. The molecule has 0 aliphatic carbocycles. The van der Waals surface area contributed by atoms with Crippen LogP contribution in [0.2, 0.25) is 0 Å². The number of aryl methyl sites for hydroxylation is 1. The first kappa shape index (κ1) is 10.4. The molecular formula is C12H12N4S. The molecule has 0 spiro atoms. The van der Waals surface area contributed by atoms with Gasteiger partial charge in [-0.2, -0.15) is 5.10 Å². The van der Waals surface area contributed by atoms with Crippen LogP contribution in [0.5, 0.6) is 0 Å². The molecule has 1 unspecified atom stereocenters. The minimum Gasteiger partial charge on any atom is -0.318 e. The van der Waals surface area contributed by atoms with E-state index in [1.807, 2.05) is 31.4 Å². The van der Waals surface area contributed by atoms with Crippen molar-refractivity contribution in [2.24, 2.45) is 12.8 Å². The average Bonchev–Trinajstić information content (AvgIpc) is 2.93. The molecule has 2 aromatic heterocycles. The molecule has 86 valence electrons. The molecule has 3 aromatic rings. The Bertz CT molecular complexity index is 622. The van der Waals surface area contributed by atoms with Gasteiger partial charge in [0, 0.05) is 18.8 Å². The maximum absolute atomic E-state index is 6.19. The van der Waals surface area contributed by atoms with E-state index in [1.54, 1.807) is 22.2 Å². The van der Waals surface area contributed by atoms with Gasteiger partial charge in [-0.15, -0.1) is 11.3 Å². The molecule has 4 nitrogen and oxygen atoms in total. The van der Waals surface area contributed by atoms with E-state index < -0.39 is 0 Å². The van der Waals surface area contributed by atoms with Crippen LogP contribution in [-0.4, -0.2) is 14.8 Å². The second-order valence-corrected chi connectivity index (χ2v) is 5.01. The van der Waals surface area contributed by atoms with Crippen LogP contribution in [0, 0.1) is 0 Å². The van der Waals surface area contributed by atoms with Crippen LogP contribution in [0.3, 0.4) is 0 Å². The summed E-state index contributed by atoms with van der Waals surface area (Å²) in [4.78, 5) is 4.55. The van der Waals surface area contributed by atoms with Crippen molar-refractivity contribution < 1.29 is 0 Å². The zero-order valence-corrected chi connectivity index (χ0v) is 10.2. The summed E-state index contributed by atoms with van der Waals surface area (Å²) in [5, 5.41) is 5.06. The summed E-state index contributed by atoms with van der Waals surface area (Å²) in [5.74, 6) is 0. The molecule has 0 amide bonds. The predicted molar refractivity (Wildman–Crippen MR) is 68.9 cm³/mol. The van der Waals surface area contributed by atoms with Crippen molar-refractivity contribution in [3.05, 3.63) is 47.2 Å². The molecule has 0 radical (unpaired) electrons. The lowest BCUT2D eigenvalue weighted by molar-refractivity contribution is 0.765. The molecule has 2 heterocycles. The summed E-state index contributed by atoms with van der Waals surface area (Å²) in [7, 11) is 1.88. The van der Waals surface area contributed by atoms with Gasteiger partial charge in [-0.1, -0.05) is 12.1 Å². The zero-order valence-electron chi connectivity index (χ0n) is 9.37. The minimum absolute atomic E-state index is 0.193. The Morgan fingerprint density at radius 2 is 2.18 bits per heavy atom. The lowest BCUT2D eigenvalue weighted by Gasteiger charge is -2.03. The molecule has 17 heavy (non-hydrogen) atoms. The third kappa shape index (κ3) is 1.83. The second-order valence-electron chi connectivity index (χ2n) is 3.94. The first-order chi connectivity index (χ1) is 8.24. The molecule has 1 aromatic carbocycles. The molecule has 5 heteroatoms. The van der Waals surface area contributed by atoms with E-state index in [1.165, 1.54) is 4.70 Å². The Kier molecular flexibility index (Phi) is 2.42. The number of nitrogens with two attached hydrogens (primary N) is 1. The topological polar surface area (TPSA) is 56.7 Å². The number of hydrogen-bond acceptors (Lipinski definition) is 4. The van der Waals surface area contributed by atoms with Crippen molar-refractivity contribution in [3.63, 3.8) is 0 Å². The lowest BCUT2D eigenvalue weighted by Crippen LogP contribution is -2.10. The molecule has 0 saturated carbocycles. The van der Waals surface area contributed by atoms with E-state index in [-0.39, 0.29) is 6.04 Å². The molecular weight excluding hydrogens is 232 g/mol. The molecule has 2 N–H and O–H groups in total. The number of nitrogens with zero attached hydrogens (tertiary/aromatic N) is 3. The van der Waals surface area contributed by atoms with Gasteiger partial charge >= 0.3 is 0 Å². The molecule has 1 atom stereocenters. The molecule has 0 aliphatic rings. The SMILES string of the molecule is Cn1cc(C(N)c2nc3ccccc3s2)cn1. The van der Waals surface area contributed by atoms with Crippen molar-refractivity contribution in [3.8, 4) is 0 Å². The highest BCUT2D eigenvalue weighted by Gasteiger charge is 2.15. The largest absolute Gasteiger partial charge is 0.318 e. The van der Waals surface area contributed by atoms with Gasteiger partial charge in [-0.05, 0) is 12.1 Å². The first-order valence-electron chi connectivity index (χ1n) is 5.33. The normalized spacial score (nSPS) is 13.1. The monoisotopic (exact) mass is 244 g/mol. The fourth-order valence-electron chi connectivity index (χ4n) is 1.77. The van der Waals surface area contributed by atoms with E-state index in [9.17, 15) is 0 Å². The second kappa shape index (κ2) is 3.94. The maximum atomic E-state index is 6.19. The molecule has 3 rings (SSSR count). The van der Waals surface area contributed by atoms with E-state index in [4.69, 9.17) is 5.73 Å². The Morgan fingerprint density at radius 3 is 2.88 bits per heavy atom. The van der Waals surface area contributed by atoms with Gasteiger partial charge in [-0.3, -0.25) is 4.68 Å². The highest BCUT2D eigenvalue weighted by Crippen LogP contribution is 2.28. The summed E-state index contributed by atoms with van der Waals surface area (Å²) in [6.45, 7) is 0. The van der Waals surface area contributed by atoms with Crippen molar-refractivity contribution in [1.29, 1.82) is 0 Å². The van der Waals surface area contributed by atoms with Crippen LogP contribution in [0.25, 0.3) is 10.2 Å². The fourth-order valence-corrected chi connectivity index (χ4v) is 2.76. The van der Waals surface area contributed by atoms with Crippen LogP contribution < -0.4 is 5.73 Å². The van der Waals surface area contributed by atoms with Gasteiger partial charge in [0.1, 0.15) is 5.01 Å². The Morgan fingerprint density at radius 1 is 1.35 bits per heavy atom. The molecule has 0 saturated heterocycles. The minimum atomic E-state index is -0.193. The van der Waals surface area contributed by atoms with E-state index in [0.29, 0.717) is 0 Å². The molecule has 0 bridgehead atoms. The van der Waals surface area contributed by atoms with Gasteiger partial charge < -0.3 is 5.73 Å². The van der Waals surface area contributed by atoms with E-state index >= 15 is 0 Å². The van der Waals surface area contributed by atoms with Crippen LogP contribution in [0.15, 0.2) is 36.7 Å². The number of thiazole rings is 1. The summed E-state index contributed by atoms with van der Waals surface area (Å²) in [6.07, 6.45) is 3.72. The highest BCUT2D eigenvalue weighted by atomic mass is 32.1. The average molecular weight is 244 g/mol. The summed E-state index contributed by atoms with van der Waals surface area (Å²) < 4.78 is 2.92. The molecule has 0 aliphatic heterocycles. The fraction of sp³-hybridized carbons (Fsp3) is 0.167. The van der Waals surface area contributed by atoms with Gasteiger partial charge in [-0.25, -0.2) is 4.98 Å². The van der Waals surface area contributed by atoms with E-state index in [0.717, 1.165) is 16.1 Å². The standard InChI is InChI=1S/C12H12N4S/c1-16-7-8(6-14-16)11(13)12-15-9-4-2-3-5-10(9)17-12/h2-7,11H,13H2,1H3. The van der Waals surface area contributed by atoms with Crippen molar-refractivity contribution >= 4 is 21.6 Å². The number of rotatable bonds is 2. The van der Waals surface area contributed by atoms with Crippen LogP contribution in [0.1, 0.15) is 16.6 Å². The number of fused-ring (bicyclic) bond motifs is 1.